The van der Waals surface area contributed by atoms with Gasteiger partial charge in [0.25, 0.3) is 0 Å². The van der Waals surface area contributed by atoms with E-state index in [4.69, 9.17) is 9.47 Å². The van der Waals surface area contributed by atoms with Crippen LogP contribution in [0.4, 0.5) is 0 Å². The van der Waals surface area contributed by atoms with Gasteiger partial charge < -0.3 is 14.4 Å². The highest BCUT2D eigenvalue weighted by molar-refractivity contribution is 5.71. The van der Waals surface area contributed by atoms with Crippen LogP contribution in [0, 0.1) is 0 Å². The van der Waals surface area contributed by atoms with Crippen LogP contribution in [0.15, 0.2) is 24.3 Å². The molecule has 0 aliphatic carbocycles. The molecule has 0 spiro atoms. The minimum Gasteiger partial charge on any atom is -0.425 e. The Morgan fingerprint density at radius 3 is 1.13 bits per heavy atom. The van der Waals surface area contributed by atoms with Crippen molar-refractivity contribution in [1.82, 2.24) is 4.90 Å². The number of esters is 2. The molecule has 276 valence electrons. The first kappa shape index (κ1) is 45.4. The van der Waals surface area contributed by atoms with Gasteiger partial charge in [0.2, 0.25) is 6.29 Å². The second kappa shape index (κ2) is 37.2. The molecule has 0 radical (unpaired) electrons. The first-order chi connectivity index (χ1) is 23.0. The van der Waals surface area contributed by atoms with Crippen LogP contribution in [0.3, 0.4) is 0 Å². The number of allylic oxidation sites excluding steroid dienone is 4. The molecule has 5 nitrogen and oxygen atoms in total. The van der Waals surface area contributed by atoms with E-state index in [0.717, 1.165) is 64.3 Å². The first-order valence-corrected chi connectivity index (χ1v) is 20.3. The van der Waals surface area contributed by atoms with Crippen LogP contribution in [0.25, 0.3) is 0 Å². The van der Waals surface area contributed by atoms with E-state index in [0.29, 0.717) is 19.3 Å². The molecule has 0 aromatic rings. The highest BCUT2D eigenvalue weighted by Crippen LogP contribution is 2.15. The van der Waals surface area contributed by atoms with Gasteiger partial charge in [0, 0.05) is 19.3 Å². The van der Waals surface area contributed by atoms with Gasteiger partial charge in [-0.2, -0.15) is 0 Å². The molecule has 0 saturated carbocycles. The van der Waals surface area contributed by atoms with Crippen LogP contribution < -0.4 is 0 Å². The summed E-state index contributed by atoms with van der Waals surface area (Å²) < 4.78 is 11.3. The van der Waals surface area contributed by atoms with Crippen molar-refractivity contribution < 1.29 is 19.1 Å². The Bertz CT molecular complexity index is 678. The van der Waals surface area contributed by atoms with E-state index in [1.807, 2.05) is 14.1 Å². The van der Waals surface area contributed by atoms with Crippen LogP contribution in [-0.4, -0.2) is 43.8 Å². The van der Waals surface area contributed by atoms with Crippen molar-refractivity contribution in [2.45, 2.75) is 213 Å². The minimum absolute atomic E-state index is 0.244. The number of carbonyl (C=O) groups excluding carboxylic acids is 2. The van der Waals surface area contributed by atoms with Gasteiger partial charge in [-0.05, 0) is 91.3 Å². The van der Waals surface area contributed by atoms with E-state index in [-0.39, 0.29) is 11.9 Å². The van der Waals surface area contributed by atoms with E-state index in [1.165, 1.54) is 116 Å². The third-order valence-corrected chi connectivity index (χ3v) is 8.86. The normalized spacial score (nSPS) is 12.4. The molecule has 0 atom stereocenters. The predicted molar refractivity (Wildman–Crippen MR) is 203 cm³/mol. The van der Waals surface area contributed by atoms with Gasteiger partial charge in [0.1, 0.15) is 0 Å². The first-order valence-electron chi connectivity index (χ1n) is 20.3. The molecule has 0 aliphatic rings. The summed E-state index contributed by atoms with van der Waals surface area (Å²) in [5, 5.41) is 0. The van der Waals surface area contributed by atoms with Crippen molar-refractivity contribution in [3.05, 3.63) is 24.3 Å². The summed E-state index contributed by atoms with van der Waals surface area (Å²) >= 11 is 0. The molecule has 0 rings (SSSR count). The molecule has 0 aliphatic heterocycles. The zero-order chi connectivity index (χ0) is 34.5. The van der Waals surface area contributed by atoms with E-state index in [2.05, 4.69) is 43.1 Å². The summed E-state index contributed by atoms with van der Waals surface area (Å²) in [6.45, 7) is 5.40. The van der Waals surface area contributed by atoms with Gasteiger partial charge in [0.05, 0.1) is 0 Å². The molecule has 0 saturated heterocycles. The minimum atomic E-state index is -0.763. The fourth-order valence-corrected chi connectivity index (χ4v) is 5.81. The maximum atomic E-state index is 12.5. The summed E-state index contributed by atoms with van der Waals surface area (Å²) in [6.07, 6.45) is 42.8. The Labute approximate surface area is 293 Å². The molecule has 0 N–H and O–H groups in total. The van der Waals surface area contributed by atoms with Gasteiger partial charge >= 0.3 is 11.9 Å². The lowest BCUT2D eigenvalue weighted by atomic mass is 10.1. The van der Waals surface area contributed by atoms with Crippen LogP contribution >= 0.6 is 0 Å². The molecule has 0 aromatic heterocycles. The van der Waals surface area contributed by atoms with Gasteiger partial charge in [-0.25, -0.2) is 0 Å². The molecular formula is C42H79NO4. The quantitative estimate of drug-likeness (QED) is 0.0289. The lowest BCUT2D eigenvalue weighted by Gasteiger charge is -2.19. The molecule has 0 bridgehead atoms. The van der Waals surface area contributed by atoms with Gasteiger partial charge in [0.15, 0.2) is 0 Å². The smallest absolute Gasteiger partial charge is 0.308 e. The number of rotatable bonds is 36. The largest absolute Gasteiger partial charge is 0.425 e. The van der Waals surface area contributed by atoms with E-state index < -0.39 is 6.29 Å². The molecular weight excluding hydrogens is 582 g/mol. The maximum absolute atomic E-state index is 12.5. The summed E-state index contributed by atoms with van der Waals surface area (Å²) in [5.41, 5.74) is 0. The Kier molecular flexibility index (Phi) is 35.9. The van der Waals surface area contributed by atoms with Crippen molar-refractivity contribution in [2.75, 3.05) is 20.6 Å². The lowest BCUT2D eigenvalue weighted by molar-refractivity contribution is -0.189. The zero-order valence-corrected chi connectivity index (χ0v) is 31.9. The van der Waals surface area contributed by atoms with E-state index >= 15 is 0 Å². The van der Waals surface area contributed by atoms with Crippen molar-refractivity contribution in [2.24, 2.45) is 0 Å². The van der Waals surface area contributed by atoms with Gasteiger partial charge in [-0.1, -0.05) is 141 Å². The molecule has 0 heterocycles. The summed E-state index contributed by atoms with van der Waals surface area (Å²) in [4.78, 5) is 27.2. The number of hydrogen-bond donors (Lipinski definition) is 0. The Balaban J connectivity index is 3.96. The molecule has 0 aromatic carbocycles. The molecule has 5 heteroatoms. The monoisotopic (exact) mass is 662 g/mol. The average Bonchev–Trinajstić information content (AvgIpc) is 3.04. The van der Waals surface area contributed by atoms with E-state index in [1.54, 1.807) is 0 Å². The van der Waals surface area contributed by atoms with Crippen molar-refractivity contribution in [1.29, 1.82) is 0 Å². The third kappa shape index (κ3) is 37.1. The predicted octanol–water partition coefficient (Wildman–Crippen LogP) is 12.8. The summed E-state index contributed by atoms with van der Waals surface area (Å²) in [5.74, 6) is -0.488. The number of ether oxygens (including phenoxy) is 2. The van der Waals surface area contributed by atoms with Crippen LogP contribution in [0.2, 0.25) is 0 Å². The number of nitrogens with zero attached hydrogens (tertiary/aromatic N) is 1. The molecule has 0 fully saturated rings. The Morgan fingerprint density at radius 2 is 0.787 bits per heavy atom. The lowest BCUT2D eigenvalue weighted by Crippen LogP contribution is -2.26. The maximum Gasteiger partial charge on any atom is 0.308 e. The fraction of sp³-hybridized carbons (Fsp3) is 0.857. The Morgan fingerprint density at radius 1 is 0.468 bits per heavy atom. The van der Waals surface area contributed by atoms with Crippen LogP contribution in [-0.2, 0) is 19.1 Å². The second-order valence-electron chi connectivity index (χ2n) is 14.0. The Hall–Kier alpha value is -1.62. The molecule has 0 unspecified atom stereocenters. The average molecular weight is 662 g/mol. The standard InChI is InChI=1S/C42H79NO4/c1-5-7-9-11-13-15-17-19-21-23-25-27-29-31-33-36-40(44)46-42(38-35-39-43(3)4)47-41(45)37-34-32-30-28-26-24-22-20-18-16-14-12-10-8-6-2/h19-22,42H,5-18,23-39H2,1-4H3. The molecule has 0 amide bonds. The number of unbranched alkanes of at least 4 members (excludes halogenated alkanes) is 22. The topological polar surface area (TPSA) is 55.8 Å². The summed E-state index contributed by atoms with van der Waals surface area (Å²) in [6, 6.07) is 0. The highest BCUT2D eigenvalue weighted by atomic mass is 16.7. The van der Waals surface area contributed by atoms with E-state index in [9.17, 15) is 9.59 Å². The van der Waals surface area contributed by atoms with Crippen LogP contribution in [0.1, 0.15) is 206 Å². The molecule has 47 heavy (non-hydrogen) atoms. The van der Waals surface area contributed by atoms with Crippen molar-refractivity contribution in [3.8, 4) is 0 Å². The zero-order valence-electron chi connectivity index (χ0n) is 31.9. The highest BCUT2D eigenvalue weighted by Gasteiger charge is 2.19. The number of carbonyl (C=O) groups is 2. The van der Waals surface area contributed by atoms with Crippen LogP contribution in [0.5, 0.6) is 0 Å². The van der Waals surface area contributed by atoms with Gasteiger partial charge in [-0.15, -0.1) is 0 Å². The van der Waals surface area contributed by atoms with Crippen molar-refractivity contribution >= 4 is 11.9 Å². The van der Waals surface area contributed by atoms with Crippen molar-refractivity contribution in [3.63, 3.8) is 0 Å². The summed E-state index contributed by atoms with van der Waals surface area (Å²) in [7, 11) is 4.04. The third-order valence-electron chi connectivity index (χ3n) is 8.86. The SMILES string of the molecule is CCCCCCCCC=CCCCCCCCC(=O)OC(CCCN(C)C)OC(=O)CCCCCCCC=CCCCCCCCC. The fourth-order valence-electron chi connectivity index (χ4n) is 5.81. The van der Waals surface area contributed by atoms with Gasteiger partial charge in [-0.3, -0.25) is 9.59 Å². The number of hydrogen-bond acceptors (Lipinski definition) is 5. The second-order valence-corrected chi connectivity index (χ2v) is 14.0.